The van der Waals surface area contributed by atoms with Crippen molar-refractivity contribution in [2.45, 2.75) is 6.42 Å². The molecule has 1 aliphatic heterocycles. The zero-order chi connectivity index (χ0) is 13.1. The summed E-state index contributed by atoms with van der Waals surface area (Å²) in [6.07, 6.45) is 2.22. The van der Waals surface area contributed by atoms with Gasteiger partial charge >= 0.3 is 5.97 Å². The summed E-state index contributed by atoms with van der Waals surface area (Å²) >= 11 is 0. The van der Waals surface area contributed by atoms with Crippen molar-refractivity contribution < 1.29 is 14.3 Å². The minimum absolute atomic E-state index is 0.118. The Morgan fingerprint density at radius 1 is 1.50 bits per heavy atom. The molecule has 1 saturated heterocycles. The monoisotopic (exact) mass is 249 g/mol. The van der Waals surface area contributed by atoms with Crippen LogP contribution in [0.1, 0.15) is 16.8 Å². The van der Waals surface area contributed by atoms with Gasteiger partial charge in [-0.1, -0.05) is 0 Å². The lowest BCUT2D eigenvalue weighted by molar-refractivity contribution is -0.121. The first-order chi connectivity index (χ1) is 8.61. The van der Waals surface area contributed by atoms with E-state index in [0.29, 0.717) is 12.1 Å². The van der Waals surface area contributed by atoms with Crippen molar-refractivity contribution in [1.29, 1.82) is 0 Å². The third kappa shape index (κ3) is 2.42. The lowest BCUT2D eigenvalue weighted by Gasteiger charge is -2.16. The minimum Gasteiger partial charge on any atom is -0.465 e. The average molecular weight is 249 g/mol. The fourth-order valence-electron chi connectivity index (χ4n) is 2.01. The molecule has 1 aliphatic rings. The number of carbonyl (C=O) groups is 2. The molecule has 0 saturated carbocycles. The standard InChI is InChI=1S/C12H15N3O3/c1-18-12(17)8-2-3-10(14-6-8)15-5-4-9(7-15)11(13)16/h2-3,6,9H,4-5,7H2,1H3,(H2,13,16). The predicted octanol–water partition coefficient (Wildman–Crippen LogP) is 0.180. The van der Waals surface area contributed by atoms with Crippen LogP contribution in [-0.4, -0.2) is 37.1 Å². The Hall–Kier alpha value is -2.11. The molecule has 1 amide bonds. The van der Waals surface area contributed by atoms with E-state index in [9.17, 15) is 9.59 Å². The second-order valence-corrected chi connectivity index (χ2v) is 4.23. The van der Waals surface area contributed by atoms with Crippen molar-refractivity contribution in [3.8, 4) is 0 Å². The zero-order valence-electron chi connectivity index (χ0n) is 10.1. The first kappa shape index (κ1) is 12.3. The number of nitrogens with two attached hydrogens (primary N) is 1. The summed E-state index contributed by atoms with van der Waals surface area (Å²) < 4.78 is 4.60. The molecular formula is C12H15N3O3. The van der Waals surface area contributed by atoms with E-state index < -0.39 is 5.97 Å². The van der Waals surface area contributed by atoms with Crippen LogP contribution >= 0.6 is 0 Å². The molecule has 6 nitrogen and oxygen atoms in total. The number of hydrogen-bond donors (Lipinski definition) is 1. The molecule has 18 heavy (non-hydrogen) atoms. The summed E-state index contributed by atoms with van der Waals surface area (Å²) in [7, 11) is 1.33. The maximum atomic E-state index is 11.3. The van der Waals surface area contributed by atoms with Gasteiger partial charge in [0.05, 0.1) is 18.6 Å². The molecule has 96 valence electrons. The fourth-order valence-corrected chi connectivity index (χ4v) is 2.01. The SMILES string of the molecule is COC(=O)c1ccc(N2CCC(C(N)=O)C2)nc1. The van der Waals surface area contributed by atoms with Crippen LogP contribution in [0.5, 0.6) is 0 Å². The van der Waals surface area contributed by atoms with E-state index in [2.05, 4.69) is 9.72 Å². The van der Waals surface area contributed by atoms with Gasteiger partial charge < -0.3 is 15.4 Å². The van der Waals surface area contributed by atoms with E-state index >= 15 is 0 Å². The summed E-state index contributed by atoms with van der Waals surface area (Å²) in [6, 6.07) is 3.40. The van der Waals surface area contributed by atoms with Crippen LogP contribution in [0.2, 0.25) is 0 Å². The van der Waals surface area contributed by atoms with Gasteiger partial charge in [-0.2, -0.15) is 0 Å². The van der Waals surface area contributed by atoms with Crippen LogP contribution in [0.15, 0.2) is 18.3 Å². The molecular weight excluding hydrogens is 234 g/mol. The Bertz CT molecular complexity index is 458. The summed E-state index contributed by atoms with van der Waals surface area (Å²) in [6.45, 7) is 1.33. The number of rotatable bonds is 3. The Balaban J connectivity index is 2.07. The molecule has 0 spiro atoms. The molecule has 1 unspecified atom stereocenters. The smallest absolute Gasteiger partial charge is 0.339 e. The third-order valence-corrected chi connectivity index (χ3v) is 3.08. The van der Waals surface area contributed by atoms with Crippen LogP contribution in [0.25, 0.3) is 0 Å². The second kappa shape index (κ2) is 5.03. The number of esters is 1. The van der Waals surface area contributed by atoms with Gasteiger partial charge in [-0.05, 0) is 18.6 Å². The van der Waals surface area contributed by atoms with Gasteiger partial charge in [0.1, 0.15) is 5.82 Å². The Labute approximate surface area is 105 Å². The van der Waals surface area contributed by atoms with Gasteiger partial charge in [0.2, 0.25) is 5.91 Å². The lowest BCUT2D eigenvalue weighted by atomic mass is 10.1. The van der Waals surface area contributed by atoms with E-state index in [1.54, 1.807) is 12.1 Å². The van der Waals surface area contributed by atoms with E-state index in [4.69, 9.17) is 5.73 Å². The van der Waals surface area contributed by atoms with Crippen molar-refractivity contribution in [3.05, 3.63) is 23.9 Å². The Morgan fingerprint density at radius 3 is 2.78 bits per heavy atom. The largest absolute Gasteiger partial charge is 0.465 e. The van der Waals surface area contributed by atoms with E-state index in [1.807, 2.05) is 4.90 Å². The zero-order valence-corrected chi connectivity index (χ0v) is 10.1. The van der Waals surface area contributed by atoms with Gasteiger partial charge in [0, 0.05) is 19.3 Å². The number of carbonyl (C=O) groups excluding carboxylic acids is 2. The van der Waals surface area contributed by atoms with Crippen LogP contribution in [0, 0.1) is 5.92 Å². The molecule has 1 atom stereocenters. The molecule has 2 N–H and O–H groups in total. The second-order valence-electron chi connectivity index (χ2n) is 4.23. The fraction of sp³-hybridized carbons (Fsp3) is 0.417. The van der Waals surface area contributed by atoms with Crippen molar-refractivity contribution in [1.82, 2.24) is 4.98 Å². The van der Waals surface area contributed by atoms with E-state index in [-0.39, 0.29) is 11.8 Å². The van der Waals surface area contributed by atoms with Gasteiger partial charge in [0.25, 0.3) is 0 Å². The van der Waals surface area contributed by atoms with Crippen molar-refractivity contribution in [2.24, 2.45) is 11.7 Å². The summed E-state index contributed by atoms with van der Waals surface area (Å²) in [5.41, 5.74) is 5.68. The Morgan fingerprint density at radius 2 is 2.28 bits per heavy atom. The molecule has 1 aromatic rings. The molecule has 1 fully saturated rings. The maximum absolute atomic E-state index is 11.3. The molecule has 2 heterocycles. The van der Waals surface area contributed by atoms with Crippen LogP contribution < -0.4 is 10.6 Å². The van der Waals surface area contributed by atoms with Crippen LogP contribution in [0.3, 0.4) is 0 Å². The number of ether oxygens (including phenoxy) is 1. The molecule has 2 rings (SSSR count). The van der Waals surface area contributed by atoms with Crippen LogP contribution in [0.4, 0.5) is 5.82 Å². The normalized spacial score (nSPS) is 18.7. The van der Waals surface area contributed by atoms with Crippen LogP contribution in [-0.2, 0) is 9.53 Å². The van der Waals surface area contributed by atoms with Gasteiger partial charge in [-0.25, -0.2) is 9.78 Å². The van der Waals surface area contributed by atoms with Crippen molar-refractivity contribution in [3.63, 3.8) is 0 Å². The number of anilines is 1. The first-order valence-corrected chi connectivity index (χ1v) is 5.70. The quantitative estimate of drug-likeness (QED) is 0.772. The highest BCUT2D eigenvalue weighted by Gasteiger charge is 2.27. The number of pyridine rings is 1. The molecule has 0 radical (unpaired) electrons. The topological polar surface area (TPSA) is 85.5 Å². The van der Waals surface area contributed by atoms with Crippen molar-refractivity contribution >= 4 is 17.7 Å². The predicted molar refractivity (Wildman–Crippen MR) is 65.1 cm³/mol. The molecule has 6 heteroatoms. The minimum atomic E-state index is -0.412. The number of primary amides is 1. The molecule has 0 aliphatic carbocycles. The number of nitrogens with zero attached hydrogens (tertiary/aromatic N) is 2. The molecule has 1 aromatic heterocycles. The lowest BCUT2D eigenvalue weighted by Crippen LogP contribution is -2.27. The van der Waals surface area contributed by atoms with E-state index in [0.717, 1.165) is 18.8 Å². The van der Waals surface area contributed by atoms with Gasteiger partial charge in [-0.15, -0.1) is 0 Å². The van der Waals surface area contributed by atoms with Crippen molar-refractivity contribution in [2.75, 3.05) is 25.1 Å². The summed E-state index contributed by atoms with van der Waals surface area (Å²) in [5, 5.41) is 0. The summed E-state index contributed by atoms with van der Waals surface area (Å²) in [4.78, 5) is 28.5. The third-order valence-electron chi connectivity index (χ3n) is 3.08. The molecule has 0 aromatic carbocycles. The number of hydrogen-bond acceptors (Lipinski definition) is 5. The maximum Gasteiger partial charge on any atom is 0.339 e. The molecule has 0 bridgehead atoms. The highest BCUT2D eigenvalue weighted by atomic mass is 16.5. The van der Waals surface area contributed by atoms with Gasteiger partial charge in [-0.3, -0.25) is 4.79 Å². The highest BCUT2D eigenvalue weighted by molar-refractivity contribution is 5.89. The number of aromatic nitrogens is 1. The number of amides is 1. The van der Waals surface area contributed by atoms with E-state index in [1.165, 1.54) is 13.3 Å². The average Bonchev–Trinajstić information content (AvgIpc) is 2.88. The highest BCUT2D eigenvalue weighted by Crippen LogP contribution is 2.21. The first-order valence-electron chi connectivity index (χ1n) is 5.70. The van der Waals surface area contributed by atoms with Gasteiger partial charge in [0.15, 0.2) is 0 Å². The number of methoxy groups -OCH3 is 1. The Kier molecular flexibility index (Phi) is 3.45. The summed E-state index contributed by atoms with van der Waals surface area (Å²) in [5.74, 6) is -0.0624.